The van der Waals surface area contributed by atoms with E-state index in [0.717, 1.165) is 19.6 Å². The molecule has 0 aliphatic heterocycles. The van der Waals surface area contributed by atoms with Crippen molar-refractivity contribution in [1.29, 1.82) is 0 Å². The van der Waals surface area contributed by atoms with E-state index >= 15 is 0 Å². The summed E-state index contributed by atoms with van der Waals surface area (Å²) in [7, 11) is 0. The minimum Gasteiger partial charge on any atom is -0.378 e. The minimum atomic E-state index is 0.209. The smallest absolute Gasteiger partial charge is 0.0655 e. The maximum absolute atomic E-state index is 5.79. The first-order chi connectivity index (χ1) is 8.88. The fourth-order valence-electron chi connectivity index (χ4n) is 2.84. The van der Waals surface area contributed by atoms with Gasteiger partial charge in [-0.3, -0.25) is 0 Å². The lowest BCUT2D eigenvalue weighted by Gasteiger charge is -2.52. The van der Waals surface area contributed by atoms with Crippen molar-refractivity contribution in [2.45, 2.75) is 58.6 Å². The Morgan fingerprint density at radius 3 is 2.74 bits per heavy atom. The molecule has 0 bridgehead atoms. The normalized spacial score (nSPS) is 26.2. The van der Waals surface area contributed by atoms with Gasteiger partial charge in [0.05, 0.1) is 6.10 Å². The zero-order valence-electron chi connectivity index (χ0n) is 12.8. The zero-order chi connectivity index (χ0) is 14.1. The molecule has 19 heavy (non-hydrogen) atoms. The van der Waals surface area contributed by atoms with E-state index in [-0.39, 0.29) is 10.8 Å². The number of ether oxygens (including phenoxy) is 1. The van der Waals surface area contributed by atoms with Gasteiger partial charge >= 0.3 is 0 Å². The van der Waals surface area contributed by atoms with Crippen LogP contribution in [0.25, 0.3) is 0 Å². The van der Waals surface area contributed by atoms with Crippen molar-refractivity contribution >= 4 is 11.3 Å². The highest BCUT2D eigenvalue weighted by atomic mass is 32.1. The first-order valence-corrected chi connectivity index (χ1v) is 8.15. The fraction of sp³-hybridized carbons (Fsp3) is 0.750. The summed E-state index contributed by atoms with van der Waals surface area (Å²) in [6.45, 7) is 13.2. The minimum absolute atomic E-state index is 0.209. The molecule has 1 aliphatic carbocycles. The molecular weight excluding hydrogens is 254 g/mol. The Balaban J connectivity index is 1.87. The van der Waals surface area contributed by atoms with Crippen LogP contribution in [0.1, 0.15) is 45.9 Å². The van der Waals surface area contributed by atoms with E-state index in [9.17, 15) is 0 Å². The van der Waals surface area contributed by atoms with Gasteiger partial charge in [-0.15, -0.1) is 11.3 Å². The summed E-state index contributed by atoms with van der Waals surface area (Å²) in [4.78, 5) is 1.46. The quantitative estimate of drug-likeness (QED) is 0.856. The number of nitrogens with one attached hydrogen (secondary N) is 1. The van der Waals surface area contributed by atoms with Gasteiger partial charge < -0.3 is 10.1 Å². The summed E-state index contributed by atoms with van der Waals surface area (Å²) in [5.74, 6) is 0. The summed E-state index contributed by atoms with van der Waals surface area (Å²) in [5, 5.41) is 5.92. The number of hydrogen-bond acceptors (Lipinski definition) is 3. The van der Waals surface area contributed by atoms with Gasteiger partial charge in [-0.05, 0) is 24.8 Å². The second kappa shape index (κ2) is 5.55. The van der Waals surface area contributed by atoms with Crippen LogP contribution in [-0.4, -0.2) is 25.3 Å². The Morgan fingerprint density at radius 1 is 1.47 bits per heavy atom. The molecular formula is C16H27NOS. The first kappa shape index (κ1) is 15.0. The molecule has 0 spiro atoms. The molecule has 2 unspecified atom stereocenters. The molecule has 1 saturated carbocycles. The topological polar surface area (TPSA) is 21.3 Å². The number of rotatable bonds is 6. The van der Waals surface area contributed by atoms with E-state index in [0.29, 0.717) is 12.1 Å². The van der Waals surface area contributed by atoms with Crippen LogP contribution >= 0.6 is 11.3 Å². The molecule has 0 saturated heterocycles. The van der Waals surface area contributed by atoms with E-state index in [2.05, 4.69) is 57.4 Å². The summed E-state index contributed by atoms with van der Waals surface area (Å²) in [5.41, 5.74) is 0.461. The first-order valence-electron chi connectivity index (χ1n) is 7.27. The lowest BCUT2D eigenvalue weighted by Crippen LogP contribution is -2.62. The fourth-order valence-corrected chi connectivity index (χ4v) is 3.70. The second-order valence-corrected chi connectivity index (χ2v) is 7.74. The predicted octanol–water partition coefficient (Wildman–Crippen LogP) is 3.82. The molecule has 1 aromatic rings. The molecule has 108 valence electrons. The zero-order valence-corrected chi connectivity index (χ0v) is 13.6. The van der Waals surface area contributed by atoms with Crippen molar-refractivity contribution in [1.82, 2.24) is 5.32 Å². The highest BCUT2D eigenvalue weighted by Crippen LogP contribution is 2.43. The highest BCUT2D eigenvalue weighted by molar-refractivity contribution is 7.10. The Kier molecular flexibility index (Phi) is 4.38. The number of thiophene rings is 1. The second-order valence-electron chi connectivity index (χ2n) is 6.80. The average molecular weight is 281 g/mol. The molecule has 1 aliphatic rings. The maximum atomic E-state index is 5.79. The van der Waals surface area contributed by atoms with Crippen LogP contribution in [0.3, 0.4) is 0 Å². The van der Waals surface area contributed by atoms with E-state index in [4.69, 9.17) is 4.74 Å². The third-order valence-corrected chi connectivity index (χ3v) is 5.76. The Bertz CT molecular complexity index is 397. The molecule has 1 aromatic heterocycles. The SMILES string of the molecule is CCOC1CC(NCC(C)(C)c2cccs2)C1(C)C. The molecule has 3 heteroatoms. The summed E-state index contributed by atoms with van der Waals surface area (Å²) in [6, 6.07) is 4.95. The molecule has 2 rings (SSSR count). The maximum Gasteiger partial charge on any atom is 0.0655 e. The van der Waals surface area contributed by atoms with E-state index in [1.165, 1.54) is 4.88 Å². The van der Waals surface area contributed by atoms with Crippen molar-refractivity contribution in [3.05, 3.63) is 22.4 Å². The van der Waals surface area contributed by atoms with Gasteiger partial charge in [-0.2, -0.15) is 0 Å². The van der Waals surface area contributed by atoms with Crippen molar-refractivity contribution in [2.24, 2.45) is 5.41 Å². The van der Waals surface area contributed by atoms with Crippen LogP contribution in [0.5, 0.6) is 0 Å². The molecule has 0 radical (unpaired) electrons. The van der Waals surface area contributed by atoms with Crippen LogP contribution < -0.4 is 5.32 Å². The van der Waals surface area contributed by atoms with Crippen LogP contribution in [0.15, 0.2) is 17.5 Å². The largest absolute Gasteiger partial charge is 0.378 e. The molecule has 2 nitrogen and oxygen atoms in total. The monoisotopic (exact) mass is 281 g/mol. The Hall–Kier alpha value is -0.380. The van der Waals surface area contributed by atoms with Gasteiger partial charge in [0, 0.05) is 34.9 Å². The molecule has 0 aromatic carbocycles. The van der Waals surface area contributed by atoms with Gasteiger partial charge in [-0.1, -0.05) is 33.8 Å². The summed E-state index contributed by atoms with van der Waals surface area (Å²) >= 11 is 1.85. The van der Waals surface area contributed by atoms with Crippen LogP contribution in [0.4, 0.5) is 0 Å². The summed E-state index contributed by atoms with van der Waals surface area (Å²) in [6.07, 6.45) is 1.56. The Morgan fingerprint density at radius 2 is 2.21 bits per heavy atom. The molecule has 1 fully saturated rings. The third kappa shape index (κ3) is 3.04. The van der Waals surface area contributed by atoms with Crippen LogP contribution in [-0.2, 0) is 10.2 Å². The van der Waals surface area contributed by atoms with Gasteiger partial charge in [-0.25, -0.2) is 0 Å². The van der Waals surface area contributed by atoms with E-state index < -0.39 is 0 Å². The van der Waals surface area contributed by atoms with Gasteiger partial charge in [0.15, 0.2) is 0 Å². The molecule has 0 amide bonds. The predicted molar refractivity (Wildman–Crippen MR) is 82.9 cm³/mol. The van der Waals surface area contributed by atoms with Crippen molar-refractivity contribution in [3.8, 4) is 0 Å². The summed E-state index contributed by atoms with van der Waals surface area (Å²) < 4.78 is 5.79. The molecule has 1 heterocycles. The average Bonchev–Trinajstić information content (AvgIpc) is 2.87. The standard InChI is InChI=1S/C16H27NOS/c1-6-18-13-10-12(16(13,4)5)17-11-15(2,3)14-8-7-9-19-14/h7-9,12-13,17H,6,10-11H2,1-5H3. The lowest BCUT2D eigenvalue weighted by molar-refractivity contribution is -0.114. The van der Waals surface area contributed by atoms with Gasteiger partial charge in [0.1, 0.15) is 0 Å². The van der Waals surface area contributed by atoms with Crippen LogP contribution in [0.2, 0.25) is 0 Å². The number of hydrogen-bond donors (Lipinski definition) is 1. The molecule has 2 atom stereocenters. The van der Waals surface area contributed by atoms with Crippen molar-refractivity contribution in [2.75, 3.05) is 13.2 Å². The van der Waals surface area contributed by atoms with E-state index in [1.54, 1.807) is 0 Å². The molecule has 1 N–H and O–H groups in total. The highest BCUT2D eigenvalue weighted by Gasteiger charge is 2.48. The third-order valence-electron chi connectivity index (χ3n) is 4.52. The Labute approximate surface area is 121 Å². The van der Waals surface area contributed by atoms with E-state index in [1.807, 2.05) is 11.3 Å². The van der Waals surface area contributed by atoms with Crippen molar-refractivity contribution in [3.63, 3.8) is 0 Å². The van der Waals surface area contributed by atoms with Gasteiger partial charge in [0.2, 0.25) is 0 Å². The lowest BCUT2D eigenvalue weighted by atomic mass is 9.64. The van der Waals surface area contributed by atoms with Crippen LogP contribution in [0, 0.1) is 5.41 Å². The van der Waals surface area contributed by atoms with Gasteiger partial charge in [0.25, 0.3) is 0 Å². The van der Waals surface area contributed by atoms with Crippen molar-refractivity contribution < 1.29 is 4.74 Å².